The highest BCUT2D eigenvalue weighted by molar-refractivity contribution is 9.10. The molecule has 0 aliphatic rings. The molecule has 1 heterocycles. The van der Waals surface area contributed by atoms with Gasteiger partial charge in [-0.3, -0.25) is 4.79 Å². The summed E-state index contributed by atoms with van der Waals surface area (Å²) in [5.74, 6) is -0.224. The fraction of sp³-hybridized carbons (Fsp3) is 0.0769. The van der Waals surface area contributed by atoms with E-state index in [0.717, 1.165) is 10.2 Å². The van der Waals surface area contributed by atoms with Gasteiger partial charge in [0.1, 0.15) is 11.6 Å². The van der Waals surface area contributed by atoms with E-state index in [4.69, 9.17) is 0 Å². The lowest BCUT2D eigenvalue weighted by molar-refractivity contribution is 0.102. The lowest BCUT2D eigenvalue weighted by atomic mass is 10.2. The van der Waals surface area contributed by atoms with Crippen LogP contribution in [-0.4, -0.2) is 10.9 Å². The Labute approximate surface area is 112 Å². The maximum absolute atomic E-state index is 12.7. The maximum Gasteiger partial charge on any atom is 0.256 e. The van der Waals surface area contributed by atoms with Crippen LogP contribution in [0.25, 0.3) is 0 Å². The molecule has 5 heteroatoms. The van der Waals surface area contributed by atoms with Gasteiger partial charge in [0.25, 0.3) is 5.91 Å². The SMILES string of the molecule is Cc1nc(NC(=O)c2ccc(F)cc2)ccc1Br. The number of halogens is 2. The molecule has 0 bridgehead atoms. The van der Waals surface area contributed by atoms with Gasteiger partial charge < -0.3 is 5.32 Å². The van der Waals surface area contributed by atoms with Crippen molar-refractivity contribution in [3.63, 3.8) is 0 Å². The molecule has 0 radical (unpaired) electrons. The highest BCUT2D eigenvalue weighted by atomic mass is 79.9. The summed E-state index contributed by atoms with van der Waals surface area (Å²) in [6.07, 6.45) is 0. The smallest absolute Gasteiger partial charge is 0.256 e. The molecule has 0 aliphatic carbocycles. The third kappa shape index (κ3) is 2.92. The number of rotatable bonds is 2. The van der Waals surface area contributed by atoms with Gasteiger partial charge in [0.15, 0.2) is 0 Å². The number of aromatic nitrogens is 1. The number of anilines is 1. The van der Waals surface area contributed by atoms with Crippen LogP contribution in [0.2, 0.25) is 0 Å². The first kappa shape index (κ1) is 12.7. The van der Waals surface area contributed by atoms with E-state index in [1.807, 2.05) is 13.0 Å². The number of carbonyl (C=O) groups excluding carboxylic acids is 1. The molecule has 2 rings (SSSR count). The van der Waals surface area contributed by atoms with Crippen LogP contribution in [0.1, 0.15) is 16.1 Å². The molecule has 0 saturated carbocycles. The van der Waals surface area contributed by atoms with Crippen LogP contribution in [0, 0.1) is 12.7 Å². The topological polar surface area (TPSA) is 42.0 Å². The average molecular weight is 309 g/mol. The normalized spacial score (nSPS) is 10.2. The molecule has 18 heavy (non-hydrogen) atoms. The Kier molecular flexibility index (Phi) is 3.72. The third-order valence-electron chi connectivity index (χ3n) is 2.37. The summed E-state index contributed by atoms with van der Waals surface area (Å²) in [6.45, 7) is 1.83. The van der Waals surface area contributed by atoms with E-state index in [1.165, 1.54) is 24.3 Å². The predicted octanol–water partition coefficient (Wildman–Crippen LogP) is 3.54. The van der Waals surface area contributed by atoms with Gasteiger partial charge in [-0.2, -0.15) is 0 Å². The maximum atomic E-state index is 12.7. The number of nitrogens with one attached hydrogen (secondary N) is 1. The quantitative estimate of drug-likeness (QED) is 0.922. The second kappa shape index (κ2) is 5.27. The highest BCUT2D eigenvalue weighted by Gasteiger charge is 2.07. The number of aryl methyl sites for hydroxylation is 1. The number of hydrogen-bond acceptors (Lipinski definition) is 2. The van der Waals surface area contributed by atoms with E-state index in [1.54, 1.807) is 6.07 Å². The van der Waals surface area contributed by atoms with E-state index in [2.05, 4.69) is 26.2 Å². The Balaban J connectivity index is 2.16. The van der Waals surface area contributed by atoms with Crippen molar-refractivity contribution < 1.29 is 9.18 Å². The van der Waals surface area contributed by atoms with Crippen molar-refractivity contribution in [3.8, 4) is 0 Å². The predicted molar refractivity (Wildman–Crippen MR) is 71.0 cm³/mol. The fourth-order valence-corrected chi connectivity index (χ4v) is 1.62. The molecular weight excluding hydrogens is 299 g/mol. The monoisotopic (exact) mass is 308 g/mol. The molecule has 2 aromatic rings. The van der Waals surface area contributed by atoms with E-state index < -0.39 is 0 Å². The summed E-state index contributed by atoms with van der Waals surface area (Å²) in [6, 6.07) is 8.85. The number of benzene rings is 1. The lowest BCUT2D eigenvalue weighted by Gasteiger charge is -2.06. The Morgan fingerprint density at radius 2 is 1.89 bits per heavy atom. The zero-order valence-electron chi connectivity index (χ0n) is 9.58. The Morgan fingerprint density at radius 1 is 1.22 bits per heavy atom. The average Bonchev–Trinajstić information content (AvgIpc) is 2.34. The largest absolute Gasteiger partial charge is 0.307 e. The minimum atomic E-state index is -0.371. The van der Waals surface area contributed by atoms with Crippen molar-refractivity contribution in [2.75, 3.05) is 5.32 Å². The molecule has 1 N–H and O–H groups in total. The summed E-state index contributed by atoms with van der Waals surface area (Å²) in [5.41, 5.74) is 1.17. The Morgan fingerprint density at radius 3 is 2.50 bits per heavy atom. The number of hydrogen-bond donors (Lipinski definition) is 1. The van der Waals surface area contributed by atoms with Gasteiger partial charge in [-0.05, 0) is 59.3 Å². The zero-order chi connectivity index (χ0) is 13.1. The van der Waals surface area contributed by atoms with Crippen LogP contribution in [0.5, 0.6) is 0 Å². The molecule has 0 fully saturated rings. The van der Waals surface area contributed by atoms with Crippen molar-refractivity contribution >= 4 is 27.7 Å². The lowest BCUT2D eigenvalue weighted by Crippen LogP contribution is -2.13. The second-order valence-corrected chi connectivity index (χ2v) is 4.58. The summed E-state index contributed by atoms with van der Waals surface area (Å²) in [4.78, 5) is 16.0. The Hall–Kier alpha value is -1.75. The molecule has 1 aromatic heterocycles. The summed E-state index contributed by atoms with van der Waals surface area (Å²) >= 11 is 3.33. The number of pyridine rings is 1. The van der Waals surface area contributed by atoms with Crippen LogP contribution >= 0.6 is 15.9 Å². The first-order chi connectivity index (χ1) is 8.56. The minimum absolute atomic E-state index is 0.316. The summed E-state index contributed by atoms with van der Waals surface area (Å²) in [5, 5.41) is 2.65. The van der Waals surface area contributed by atoms with Gasteiger partial charge in [0, 0.05) is 10.0 Å². The number of carbonyl (C=O) groups is 1. The van der Waals surface area contributed by atoms with Gasteiger partial charge in [-0.15, -0.1) is 0 Å². The molecule has 0 saturated heterocycles. The van der Waals surface area contributed by atoms with E-state index in [-0.39, 0.29) is 11.7 Å². The molecular formula is C13H10BrFN2O. The molecule has 92 valence electrons. The molecule has 1 amide bonds. The van der Waals surface area contributed by atoms with Crippen LogP contribution < -0.4 is 5.32 Å². The van der Waals surface area contributed by atoms with E-state index in [0.29, 0.717) is 11.4 Å². The van der Waals surface area contributed by atoms with Crippen molar-refractivity contribution in [3.05, 3.63) is 57.9 Å². The molecule has 0 spiro atoms. The first-order valence-corrected chi connectivity index (χ1v) is 6.05. The van der Waals surface area contributed by atoms with Crippen molar-refractivity contribution in [2.24, 2.45) is 0 Å². The van der Waals surface area contributed by atoms with E-state index in [9.17, 15) is 9.18 Å². The van der Waals surface area contributed by atoms with Crippen LogP contribution in [0.3, 0.4) is 0 Å². The highest BCUT2D eigenvalue weighted by Crippen LogP contribution is 2.16. The van der Waals surface area contributed by atoms with Crippen LogP contribution in [0.15, 0.2) is 40.9 Å². The van der Waals surface area contributed by atoms with Crippen molar-refractivity contribution in [2.45, 2.75) is 6.92 Å². The van der Waals surface area contributed by atoms with Gasteiger partial charge in [-0.25, -0.2) is 9.37 Å². The summed E-state index contributed by atoms with van der Waals surface area (Å²) in [7, 11) is 0. The molecule has 3 nitrogen and oxygen atoms in total. The van der Waals surface area contributed by atoms with Gasteiger partial charge in [0.05, 0.1) is 5.69 Å². The molecule has 0 aliphatic heterocycles. The third-order valence-corrected chi connectivity index (χ3v) is 3.21. The zero-order valence-corrected chi connectivity index (χ0v) is 11.2. The summed E-state index contributed by atoms with van der Waals surface area (Å²) < 4.78 is 13.6. The molecule has 0 unspecified atom stereocenters. The minimum Gasteiger partial charge on any atom is -0.307 e. The van der Waals surface area contributed by atoms with Crippen molar-refractivity contribution in [1.29, 1.82) is 0 Å². The fourth-order valence-electron chi connectivity index (χ4n) is 1.40. The van der Waals surface area contributed by atoms with E-state index >= 15 is 0 Å². The van der Waals surface area contributed by atoms with Gasteiger partial charge >= 0.3 is 0 Å². The van der Waals surface area contributed by atoms with Crippen molar-refractivity contribution in [1.82, 2.24) is 4.98 Å². The van der Waals surface area contributed by atoms with Crippen LogP contribution in [-0.2, 0) is 0 Å². The standard InChI is InChI=1S/C13H10BrFN2O/c1-8-11(14)6-7-12(16-8)17-13(18)9-2-4-10(15)5-3-9/h2-7H,1H3,(H,16,17,18). The Bertz CT molecular complexity index is 584. The number of amides is 1. The van der Waals surface area contributed by atoms with Gasteiger partial charge in [-0.1, -0.05) is 0 Å². The molecule has 1 aromatic carbocycles. The molecule has 0 atom stereocenters. The second-order valence-electron chi connectivity index (χ2n) is 3.72. The number of nitrogens with zero attached hydrogens (tertiary/aromatic N) is 1. The van der Waals surface area contributed by atoms with Gasteiger partial charge in [0.2, 0.25) is 0 Å². The van der Waals surface area contributed by atoms with Crippen LogP contribution in [0.4, 0.5) is 10.2 Å². The first-order valence-electron chi connectivity index (χ1n) is 5.26.